The van der Waals surface area contributed by atoms with Crippen LogP contribution in [0.1, 0.15) is 12.2 Å². The van der Waals surface area contributed by atoms with E-state index < -0.39 is 0 Å². The molecule has 0 aliphatic carbocycles. The third-order valence-electron chi connectivity index (χ3n) is 4.14. The zero-order valence-corrected chi connectivity index (χ0v) is 15.0. The van der Waals surface area contributed by atoms with Gasteiger partial charge in [-0.1, -0.05) is 0 Å². The number of nitrogens with two attached hydrogens (primary N) is 1. The first kappa shape index (κ1) is 15.3. The number of H-pyrrole nitrogens is 1. The largest absolute Gasteiger partial charge is 0.382 e. The van der Waals surface area contributed by atoms with Crippen LogP contribution in [0.5, 0.6) is 0 Å². The van der Waals surface area contributed by atoms with Crippen molar-refractivity contribution in [3.63, 3.8) is 0 Å². The van der Waals surface area contributed by atoms with Gasteiger partial charge in [0.15, 0.2) is 5.82 Å². The molecule has 122 valence electrons. The molecule has 1 saturated heterocycles. The molecule has 8 heteroatoms. The first-order valence-corrected chi connectivity index (χ1v) is 9.35. The van der Waals surface area contributed by atoms with Gasteiger partial charge in [0.05, 0.1) is 32.7 Å². The van der Waals surface area contributed by atoms with Gasteiger partial charge < -0.3 is 15.5 Å². The number of thiophene rings is 1. The maximum Gasteiger partial charge on any atom is 0.152 e. The van der Waals surface area contributed by atoms with E-state index in [2.05, 4.69) is 35.8 Å². The summed E-state index contributed by atoms with van der Waals surface area (Å²) in [6, 6.07) is 1.99. The van der Waals surface area contributed by atoms with E-state index >= 15 is 0 Å². The van der Waals surface area contributed by atoms with Gasteiger partial charge in [0, 0.05) is 19.5 Å². The molecular weight excluding hydrogens is 378 g/mol. The normalized spacial score (nSPS) is 16.6. The lowest BCUT2D eigenvalue weighted by Gasteiger charge is -2.26. The number of pyridine rings is 1. The average molecular weight is 396 g/mol. The van der Waals surface area contributed by atoms with E-state index in [4.69, 9.17) is 10.5 Å². The summed E-state index contributed by atoms with van der Waals surface area (Å²) in [6.45, 7) is 4.83. The smallest absolute Gasteiger partial charge is 0.152 e. The lowest BCUT2D eigenvalue weighted by atomic mass is 10.2. The second-order valence-corrected chi connectivity index (χ2v) is 8.16. The number of morpholine rings is 1. The fraction of sp³-hybridized carbons (Fsp3) is 0.467. The minimum atomic E-state index is 0.494. The molecule has 1 aliphatic heterocycles. The molecule has 0 bridgehead atoms. The Labute approximate surface area is 146 Å². The molecule has 23 heavy (non-hydrogen) atoms. The molecule has 4 rings (SSSR count). The van der Waals surface area contributed by atoms with Gasteiger partial charge in [0.2, 0.25) is 0 Å². The molecule has 4 heterocycles. The second-order valence-electron chi connectivity index (χ2n) is 5.73. The summed E-state index contributed by atoms with van der Waals surface area (Å²) in [5, 5.41) is 0. The number of anilines is 1. The number of aryl methyl sites for hydroxylation is 1. The predicted octanol–water partition coefficient (Wildman–Crippen LogP) is 2.78. The molecule has 1 fully saturated rings. The summed E-state index contributed by atoms with van der Waals surface area (Å²) in [6.07, 6.45) is 1.99. The molecule has 0 unspecified atom stereocenters. The molecule has 3 aromatic heterocycles. The van der Waals surface area contributed by atoms with E-state index in [9.17, 15) is 0 Å². The quantitative estimate of drug-likeness (QED) is 0.709. The summed E-state index contributed by atoms with van der Waals surface area (Å²) in [5.41, 5.74) is 8.77. The number of halogens is 1. The number of hydrogen-bond acceptors (Lipinski definition) is 6. The van der Waals surface area contributed by atoms with Gasteiger partial charge in [-0.25, -0.2) is 9.97 Å². The Morgan fingerprint density at radius 3 is 3.00 bits per heavy atom. The minimum Gasteiger partial charge on any atom is -0.382 e. The van der Waals surface area contributed by atoms with Crippen LogP contribution in [0.15, 0.2) is 9.85 Å². The molecule has 0 atom stereocenters. The predicted molar refractivity (Wildman–Crippen MR) is 97.0 cm³/mol. The number of nitrogens with one attached hydrogen (secondary N) is 1. The van der Waals surface area contributed by atoms with Crippen molar-refractivity contribution in [1.82, 2.24) is 19.9 Å². The number of fused-ring (bicyclic) bond motifs is 3. The summed E-state index contributed by atoms with van der Waals surface area (Å²) in [5.74, 6) is 1.48. The van der Waals surface area contributed by atoms with E-state index in [1.165, 1.54) is 0 Å². The summed E-state index contributed by atoms with van der Waals surface area (Å²) < 4.78 is 7.53. The third kappa shape index (κ3) is 3.08. The van der Waals surface area contributed by atoms with Crippen molar-refractivity contribution in [3.8, 4) is 0 Å². The molecule has 3 aromatic rings. The van der Waals surface area contributed by atoms with Crippen LogP contribution in [0, 0.1) is 0 Å². The summed E-state index contributed by atoms with van der Waals surface area (Å²) >= 11 is 5.17. The van der Waals surface area contributed by atoms with Gasteiger partial charge >= 0.3 is 0 Å². The van der Waals surface area contributed by atoms with Crippen molar-refractivity contribution in [2.45, 2.75) is 12.8 Å². The van der Waals surface area contributed by atoms with Crippen LogP contribution in [0.2, 0.25) is 0 Å². The van der Waals surface area contributed by atoms with Gasteiger partial charge in [0.1, 0.15) is 11.3 Å². The van der Waals surface area contributed by atoms with Crippen molar-refractivity contribution in [3.05, 3.63) is 15.7 Å². The van der Waals surface area contributed by atoms with E-state index in [0.717, 1.165) is 76.6 Å². The topological polar surface area (TPSA) is 80.1 Å². The Hall–Kier alpha value is -1.22. The molecule has 0 radical (unpaired) electrons. The fourth-order valence-corrected chi connectivity index (χ4v) is 4.51. The molecular formula is C15H18BrN5OS. The zero-order chi connectivity index (χ0) is 15.8. The first-order chi connectivity index (χ1) is 11.2. The number of rotatable bonds is 4. The van der Waals surface area contributed by atoms with Crippen molar-refractivity contribution < 1.29 is 4.74 Å². The minimum absolute atomic E-state index is 0.494. The van der Waals surface area contributed by atoms with Gasteiger partial charge in [-0.2, -0.15) is 0 Å². The van der Waals surface area contributed by atoms with Crippen LogP contribution in [0.4, 0.5) is 5.82 Å². The number of hydrogen-bond donors (Lipinski definition) is 2. The number of aromatic nitrogens is 3. The number of nitrogen functional groups attached to an aromatic ring is 1. The number of imidazole rings is 1. The van der Waals surface area contributed by atoms with Crippen LogP contribution < -0.4 is 5.73 Å². The van der Waals surface area contributed by atoms with Crippen molar-refractivity contribution >= 4 is 54.3 Å². The van der Waals surface area contributed by atoms with E-state index in [-0.39, 0.29) is 0 Å². The van der Waals surface area contributed by atoms with E-state index in [1.54, 1.807) is 11.3 Å². The zero-order valence-electron chi connectivity index (χ0n) is 12.6. The van der Waals surface area contributed by atoms with E-state index in [0.29, 0.717) is 5.82 Å². The second kappa shape index (κ2) is 6.35. The first-order valence-electron chi connectivity index (χ1n) is 7.74. The standard InChI is InChI=1S/C15H18BrN5OS/c16-10-8-9-14(23-10)12-13(15(17)18-9)20-11(19-12)2-1-3-21-4-6-22-7-5-21/h8H,1-7H2,(H2,17,18)(H,19,20). The SMILES string of the molecule is Nc1nc2cc(Br)sc2c2[nH]c(CCCN3CCOCC3)nc12. The molecule has 0 amide bonds. The highest BCUT2D eigenvalue weighted by molar-refractivity contribution is 9.11. The number of nitrogens with zero attached hydrogens (tertiary/aromatic N) is 3. The lowest BCUT2D eigenvalue weighted by molar-refractivity contribution is 0.0374. The van der Waals surface area contributed by atoms with Crippen LogP contribution in [-0.4, -0.2) is 52.7 Å². The van der Waals surface area contributed by atoms with E-state index in [1.807, 2.05) is 6.07 Å². The molecule has 0 spiro atoms. The van der Waals surface area contributed by atoms with Crippen molar-refractivity contribution in [2.24, 2.45) is 0 Å². The Bertz CT molecular complexity index is 839. The summed E-state index contributed by atoms with van der Waals surface area (Å²) in [4.78, 5) is 15.0. The van der Waals surface area contributed by atoms with Crippen LogP contribution in [0.25, 0.3) is 21.3 Å². The van der Waals surface area contributed by atoms with Crippen LogP contribution in [0.3, 0.4) is 0 Å². The number of aromatic amines is 1. The maximum atomic E-state index is 6.06. The third-order valence-corrected chi connectivity index (χ3v) is 5.78. The molecule has 0 aromatic carbocycles. The average Bonchev–Trinajstić information content (AvgIpc) is 3.12. The Morgan fingerprint density at radius 2 is 2.17 bits per heavy atom. The summed E-state index contributed by atoms with van der Waals surface area (Å²) in [7, 11) is 0. The fourth-order valence-electron chi connectivity index (χ4n) is 2.98. The molecule has 6 nitrogen and oxygen atoms in total. The molecule has 0 saturated carbocycles. The Balaban J connectivity index is 1.53. The van der Waals surface area contributed by atoms with Crippen LogP contribution >= 0.6 is 27.3 Å². The maximum absolute atomic E-state index is 6.06. The highest BCUT2D eigenvalue weighted by Gasteiger charge is 2.15. The van der Waals surface area contributed by atoms with Gasteiger partial charge in [0.25, 0.3) is 0 Å². The highest BCUT2D eigenvalue weighted by atomic mass is 79.9. The highest BCUT2D eigenvalue weighted by Crippen LogP contribution is 2.35. The van der Waals surface area contributed by atoms with Gasteiger partial charge in [-0.15, -0.1) is 11.3 Å². The Morgan fingerprint density at radius 1 is 1.35 bits per heavy atom. The van der Waals surface area contributed by atoms with Gasteiger partial charge in [-0.3, -0.25) is 4.90 Å². The molecule has 3 N–H and O–H groups in total. The Kier molecular flexibility index (Phi) is 4.23. The van der Waals surface area contributed by atoms with Crippen molar-refractivity contribution in [2.75, 3.05) is 38.6 Å². The van der Waals surface area contributed by atoms with Crippen molar-refractivity contribution in [1.29, 1.82) is 0 Å². The van der Waals surface area contributed by atoms with Gasteiger partial charge in [-0.05, 0) is 35.0 Å². The van der Waals surface area contributed by atoms with Crippen LogP contribution in [-0.2, 0) is 11.2 Å². The monoisotopic (exact) mass is 395 g/mol. The number of ether oxygens (including phenoxy) is 1. The lowest BCUT2D eigenvalue weighted by Crippen LogP contribution is -2.36. The molecule has 1 aliphatic rings.